The molecule has 0 aliphatic carbocycles. The zero-order valence-electron chi connectivity index (χ0n) is 8.25. The minimum atomic E-state index is 0.00579. The number of H-pyrrole nitrogens is 1. The van der Waals surface area contributed by atoms with Gasteiger partial charge in [-0.25, -0.2) is 0 Å². The van der Waals surface area contributed by atoms with Crippen LogP contribution in [0.5, 0.6) is 0 Å². The van der Waals surface area contributed by atoms with Crippen molar-refractivity contribution < 1.29 is 4.74 Å². The van der Waals surface area contributed by atoms with E-state index in [1.54, 1.807) is 0 Å². The molecule has 3 nitrogen and oxygen atoms in total. The number of pyridine rings is 1. The molecule has 1 N–H and O–H groups in total. The molecule has 1 aliphatic heterocycles. The SMILES string of the molecule is O=c1[nH]c2c(c3ccccc13)COCC2. The van der Waals surface area contributed by atoms with Gasteiger partial charge in [0.2, 0.25) is 0 Å². The number of benzene rings is 1. The Hall–Kier alpha value is -1.61. The quantitative estimate of drug-likeness (QED) is 0.703. The molecule has 1 aromatic heterocycles. The topological polar surface area (TPSA) is 42.1 Å². The number of fused-ring (bicyclic) bond motifs is 3. The molecule has 0 atom stereocenters. The smallest absolute Gasteiger partial charge is 0.256 e. The molecular formula is C12H11NO2. The minimum absolute atomic E-state index is 0.00579. The van der Waals surface area contributed by atoms with Crippen molar-refractivity contribution in [2.24, 2.45) is 0 Å². The predicted molar refractivity (Wildman–Crippen MR) is 57.9 cm³/mol. The number of ether oxygens (including phenoxy) is 1. The first-order valence-electron chi connectivity index (χ1n) is 5.07. The summed E-state index contributed by atoms with van der Waals surface area (Å²) in [6.07, 6.45) is 0.801. The molecule has 0 radical (unpaired) electrons. The second-order valence-electron chi connectivity index (χ2n) is 3.76. The maximum absolute atomic E-state index is 11.8. The van der Waals surface area contributed by atoms with Gasteiger partial charge in [-0.15, -0.1) is 0 Å². The number of hydrogen-bond donors (Lipinski definition) is 1. The monoisotopic (exact) mass is 201 g/mol. The van der Waals surface area contributed by atoms with Gasteiger partial charge in [0.25, 0.3) is 5.56 Å². The summed E-state index contributed by atoms with van der Waals surface area (Å²) in [5.41, 5.74) is 2.17. The molecule has 0 spiro atoms. The third kappa shape index (κ3) is 1.27. The van der Waals surface area contributed by atoms with Crippen LogP contribution in [-0.4, -0.2) is 11.6 Å². The molecule has 0 saturated carbocycles. The fourth-order valence-electron chi connectivity index (χ4n) is 2.11. The van der Waals surface area contributed by atoms with E-state index >= 15 is 0 Å². The molecule has 0 fully saturated rings. The fraction of sp³-hybridized carbons (Fsp3) is 0.250. The van der Waals surface area contributed by atoms with E-state index < -0.39 is 0 Å². The van der Waals surface area contributed by atoms with Crippen LogP contribution in [-0.2, 0) is 17.8 Å². The van der Waals surface area contributed by atoms with Crippen LogP contribution in [0.4, 0.5) is 0 Å². The van der Waals surface area contributed by atoms with Crippen molar-refractivity contribution in [1.29, 1.82) is 0 Å². The summed E-state index contributed by atoms with van der Waals surface area (Å²) in [6.45, 7) is 1.30. The molecule has 15 heavy (non-hydrogen) atoms. The molecule has 2 heterocycles. The predicted octanol–water partition coefficient (Wildman–Crippen LogP) is 1.60. The third-order valence-corrected chi connectivity index (χ3v) is 2.87. The Balaban J connectivity index is 2.45. The minimum Gasteiger partial charge on any atom is -0.376 e. The van der Waals surface area contributed by atoms with Crippen molar-refractivity contribution in [2.75, 3.05) is 6.61 Å². The van der Waals surface area contributed by atoms with Crippen molar-refractivity contribution in [2.45, 2.75) is 13.0 Å². The Morgan fingerprint density at radius 3 is 2.87 bits per heavy atom. The highest BCUT2D eigenvalue weighted by Crippen LogP contribution is 2.21. The van der Waals surface area contributed by atoms with Gasteiger partial charge in [0.15, 0.2) is 0 Å². The van der Waals surface area contributed by atoms with E-state index in [0.29, 0.717) is 13.2 Å². The zero-order chi connectivity index (χ0) is 10.3. The van der Waals surface area contributed by atoms with Gasteiger partial charge in [-0.1, -0.05) is 18.2 Å². The first-order chi connectivity index (χ1) is 7.36. The molecular weight excluding hydrogens is 190 g/mol. The number of nitrogens with one attached hydrogen (secondary N) is 1. The van der Waals surface area contributed by atoms with E-state index in [4.69, 9.17) is 4.74 Å². The molecule has 3 heteroatoms. The van der Waals surface area contributed by atoms with Crippen LogP contribution in [0.1, 0.15) is 11.3 Å². The molecule has 1 aliphatic rings. The largest absolute Gasteiger partial charge is 0.376 e. The van der Waals surface area contributed by atoms with Crippen molar-refractivity contribution >= 4 is 10.8 Å². The van der Waals surface area contributed by atoms with Crippen LogP contribution in [0.3, 0.4) is 0 Å². The summed E-state index contributed by atoms with van der Waals surface area (Å²) >= 11 is 0. The highest BCUT2D eigenvalue weighted by atomic mass is 16.5. The van der Waals surface area contributed by atoms with Crippen LogP contribution in [0.25, 0.3) is 10.8 Å². The van der Waals surface area contributed by atoms with Gasteiger partial charge < -0.3 is 9.72 Å². The lowest BCUT2D eigenvalue weighted by Gasteiger charge is -2.17. The van der Waals surface area contributed by atoms with E-state index in [-0.39, 0.29) is 5.56 Å². The second kappa shape index (κ2) is 3.21. The Morgan fingerprint density at radius 2 is 2.00 bits per heavy atom. The lowest BCUT2D eigenvalue weighted by Crippen LogP contribution is -2.18. The van der Waals surface area contributed by atoms with Crippen molar-refractivity contribution in [1.82, 2.24) is 4.98 Å². The molecule has 0 bridgehead atoms. The summed E-state index contributed by atoms with van der Waals surface area (Å²) in [5, 5.41) is 1.78. The Bertz CT molecular complexity index is 571. The van der Waals surface area contributed by atoms with E-state index in [1.165, 1.54) is 0 Å². The molecule has 2 aromatic rings. The van der Waals surface area contributed by atoms with E-state index in [9.17, 15) is 4.79 Å². The first-order valence-corrected chi connectivity index (χ1v) is 5.07. The van der Waals surface area contributed by atoms with Gasteiger partial charge in [0.05, 0.1) is 13.2 Å². The summed E-state index contributed by atoms with van der Waals surface area (Å²) in [5.74, 6) is 0. The standard InChI is InChI=1S/C12H11NO2/c14-12-9-4-2-1-3-8(9)10-7-15-6-5-11(10)13-12/h1-4H,5-7H2,(H,13,14). The summed E-state index contributed by atoms with van der Waals surface area (Å²) in [4.78, 5) is 14.7. The van der Waals surface area contributed by atoms with Gasteiger partial charge in [0, 0.05) is 23.1 Å². The molecule has 1 aromatic carbocycles. The number of aromatic amines is 1. The maximum Gasteiger partial charge on any atom is 0.256 e. The second-order valence-corrected chi connectivity index (χ2v) is 3.76. The van der Waals surface area contributed by atoms with E-state index in [0.717, 1.165) is 28.5 Å². The Kier molecular flexibility index (Phi) is 1.86. The Morgan fingerprint density at radius 1 is 1.20 bits per heavy atom. The van der Waals surface area contributed by atoms with Gasteiger partial charge in [-0.2, -0.15) is 0 Å². The van der Waals surface area contributed by atoms with Gasteiger partial charge >= 0.3 is 0 Å². The van der Waals surface area contributed by atoms with Gasteiger partial charge in [-0.05, 0) is 11.5 Å². The summed E-state index contributed by atoms with van der Waals surface area (Å²) in [7, 11) is 0. The molecule has 76 valence electrons. The first kappa shape index (κ1) is 8.68. The number of hydrogen-bond acceptors (Lipinski definition) is 2. The highest BCUT2D eigenvalue weighted by Gasteiger charge is 2.14. The van der Waals surface area contributed by atoms with Crippen LogP contribution >= 0.6 is 0 Å². The van der Waals surface area contributed by atoms with Gasteiger partial charge in [-0.3, -0.25) is 4.79 Å². The summed E-state index contributed by atoms with van der Waals surface area (Å²) in [6, 6.07) is 7.67. The maximum atomic E-state index is 11.8. The molecule has 3 rings (SSSR count). The van der Waals surface area contributed by atoms with E-state index in [2.05, 4.69) is 4.98 Å². The number of rotatable bonds is 0. The molecule has 0 amide bonds. The van der Waals surface area contributed by atoms with Crippen LogP contribution in [0, 0.1) is 0 Å². The lowest BCUT2D eigenvalue weighted by atomic mass is 10.0. The average molecular weight is 201 g/mol. The Labute approximate surface area is 86.7 Å². The zero-order valence-corrected chi connectivity index (χ0v) is 8.25. The third-order valence-electron chi connectivity index (χ3n) is 2.87. The van der Waals surface area contributed by atoms with E-state index in [1.807, 2.05) is 24.3 Å². The lowest BCUT2D eigenvalue weighted by molar-refractivity contribution is 0.110. The van der Waals surface area contributed by atoms with Crippen LogP contribution < -0.4 is 5.56 Å². The normalized spacial score (nSPS) is 15.2. The van der Waals surface area contributed by atoms with Crippen LogP contribution in [0.15, 0.2) is 29.1 Å². The van der Waals surface area contributed by atoms with Crippen molar-refractivity contribution in [3.8, 4) is 0 Å². The fourth-order valence-corrected chi connectivity index (χ4v) is 2.11. The highest BCUT2D eigenvalue weighted by molar-refractivity contribution is 5.85. The average Bonchev–Trinajstić information content (AvgIpc) is 2.30. The number of aromatic nitrogens is 1. The van der Waals surface area contributed by atoms with Crippen LogP contribution in [0.2, 0.25) is 0 Å². The van der Waals surface area contributed by atoms with Crippen molar-refractivity contribution in [3.63, 3.8) is 0 Å². The van der Waals surface area contributed by atoms with Crippen molar-refractivity contribution in [3.05, 3.63) is 45.9 Å². The summed E-state index contributed by atoms with van der Waals surface area (Å²) < 4.78 is 5.42. The molecule has 0 saturated heterocycles. The van der Waals surface area contributed by atoms with Gasteiger partial charge in [0.1, 0.15) is 0 Å². The molecule has 0 unspecified atom stereocenters.